The fraction of sp³-hybridized carbons (Fsp3) is 0.526. The average molecular weight is 425 g/mol. The SMILES string of the molecule is CCc1c(F)c(COC)c(F)c(F)c1COC(=O)[C@H]1[C@H](C=C(Cl)Cl)C1(C)C. The summed E-state index contributed by atoms with van der Waals surface area (Å²) in [6.45, 7) is 4.32. The van der Waals surface area contributed by atoms with Crippen LogP contribution in [0, 0.1) is 34.7 Å². The molecule has 0 aliphatic heterocycles. The van der Waals surface area contributed by atoms with Gasteiger partial charge in [-0.2, -0.15) is 0 Å². The van der Waals surface area contributed by atoms with E-state index in [2.05, 4.69) is 0 Å². The number of esters is 1. The second-order valence-electron chi connectivity index (χ2n) is 7.05. The van der Waals surface area contributed by atoms with Crippen LogP contribution in [0.3, 0.4) is 0 Å². The topological polar surface area (TPSA) is 35.5 Å². The summed E-state index contributed by atoms with van der Waals surface area (Å²) < 4.78 is 53.1. The molecule has 8 heteroatoms. The monoisotopic (exact) mass is 424 g/mol. The van der Waals surface area contributed by atoms with Crippen LogP contribution in [0.2, 0.25) is 0 Å². The van der Waals surface area contributed by atoms with Gasteiger partial charge in [0.05, 0.1) is 18.1 Å². The van der Waals surface area contributed by atoms with Crippen molar-refractivity contribution in [3.8, 4) is 0 Å². The number of carbonyl (C=O) groups excluding carboxylic acids is 1. The van der Waals surface area contributed by atoms with Crippen molar-refractivity contribution < 1.29 is 27.4 Å². The Morgan fingerprint density at radius 2 is 1.67 bits per heavy atom. The molecule has 0 spiro atoms. The predicted molar refractivity (Wildman–Crippen MR) is 96.8 cm³/mol. The summed E-state index contributed by atoms with van der Waals surface area (Å²) in [5.74, 6) is -4.78. The third-order valence-corrected chi connectivity index (χ3v) is 5.34. The zero-order chi connectivity index (χ0) is 20.5. The minimum atomic E-state index is -1.33. The van der Waals surface area contributed by atoms with Gasteiger partial charge in [0, 0.05) is 12.7 Å². The van der Waals surface area contributed by atoms with Crippen molar-refractivity contribution in [3.63, 3.8) is 0 Å². The number of rotatable bonds is 7. The van der Waals surface area contributed by atoms with Crippen LogP contribution in [-0.4, -0.2) is 13.1 Å². The molecule has 0 heterocycles. The lowest BCUT2D eigenvalue weighted by Gasteiger charge is -2.15. The molecule has 1 aliphatic rings. The summed E-state index contributed by atoms with van der Waals surface area (Å²) >= 11 is 11.3. The van der Waals surface area contributed by atoms with Crippen molar-refractivity contribution in [2.45, 2.75) is 40.4 Å². The molecular weight excluding hydrogens is 404 g/mol. The second kappa shape index (κ2) is 8.41. The summed E-state index contributed by atoms with van der Waals surface area (Å²) in [5.41, 5.74) is -1.24. The van der Waals surface area contributed by atoms with Crippen molar-refractivity contribution in [3.05, 3.63) is 44.7 Å². The van der Waals surface area contributed by atoms with Crippen LogP contribution in [0.25, 0.3) is 0 Å². The van der Waals surface area contributed by atoms with Crippen LogP contribution in [0.15, 0.2) is 10.6 Å². The van der Waals surface area contributed by atoms with Gasteiger partial charge in [0.15, 0.2) is 11.6 Å². The van der Waals surface area contributed by atoms with Gasteiger partial charge in [-0.05, 0) is 29.4 Å². The van der Waals surface area contributed by atoms with Crippen LogP contribution >= 0.6 is 23.2 Å². The summed E-state index contributed by atoms with van der Waals surface area (Å²) in [6, 6.07) is 0. The van der Waals surface area contributed by atoms with E-state index in [0.29, 0.717) is 0 Å². The largest absolute Gasteiger partial charge is 0.460 e. The van der Waals surface area contributed by atoms with E-state index in [0.717, 1.165) is 0 Å². The molecule has 3 nitrogen and oxygen atoms in total. The zero-order valence-electron chi connectivity index (χ0n) is 15.5. The Morgan fingerprint density at radius 1 is 1.07 bits per heavy atom. The average Bonchev–Trinajstić information content (AvgIpc) is 3.12. The number of hydrogen-bond donors (Lipinski definition) is 0. The van der Waals surface area contributed by atoms with E-state index < -0.39 is 53.5 Å². The Kier molecular flexibility index (Phi) is 6.87. The van der Waals surface area contributed by atoms with E-state index in [9.17, 15) is 18.0 Å². The van der Waals surface area contributed by atoms with Gasteiger partial charge in [0.2, 0.25) is 0 Å². The molecule has 1 fully saturated rings. The van der Waals surface area contributed by atoms with Gasteiger partial charge >= 0.3 is 5.97 Å². The van der Waals surface area contributed by atoms with Crippen molar-refractivity contribution in [1.82, 2.24) is 0 Å². The Hall–Kier alpha value is -1.24. The second-order valence-corrected chi connectivity index (χ2v) is 8.06. The molecule has 0 N–H and O–H groups in total. The van der Waals surface area contributed by atoms with Gasteiger partial charge in [0.25, 0.3) is 0 Å². The van der Waals surface area contributed by atoms with E-state index in [1.807, 2.05) is 13.8 Å². The van der Waals surface area contributed by atoms with Gasteiger partial charge in [-0.3, -0.25) is 4.79 Å². The number of methoxy groups -OCH3 is 1. The van der Waals surface area contributed by atoms with Crippen LogP contribution in [0.5, 0.6) is 0 Å². The molecule has 0 aromatic heterocycles. The fourth-order valence-corrected chi connectivity index (χ4v) is 3.68. The van der Waals surface area contributed by atoms with Crippen molar-refractivity contribution in [2.75, 3.05) is 7.11 Å². The van der Waals surface area contributed by atoms with Crippen molar-refractivity contribution >= 4 is 29.2 Å². The molecule has 150 valence electrons. The number of carbonyl (C=O) groups is 1. The smallest absolute Gasteiger partial charge is 0.310 e. The molecule has 0 radical (unpaired) electrons. The van der Waals surface area contributed by atoms with Gasteiger partial charge < -0.3 is 9.47 Å². The maximum Gasteiger partial charge on any atom is 0.310 e. The number of hydrogen-bond acceptors (Lipinski definition) is 3. The summed E-state index contributed by atoms with van der Waals surface area (Å²) in [7, 11) is 1.26. The number of allylic oxidation sites excluding steroid dienone is 1. The molecule has 27 heavy (non-hydrogen) atoms. The third-order valence-electron chi connectivity index (χ3n) is 5.09. The van der Waals surface area contributed by atoms with Crippen molar-refractivity contribution in [2.24, 2.45) is 17.3 Å². The maximum atomic E-state index is 14.5. The highest BCUT2D eigenvalue weighted by molar-refractivity contribution is 6.55. The summed E-state index contributed by atoms with van der Waals surface area (Å²) in [4.78, 5) is 12.4. The lowest BCUT2D eigenvalue weighted by molar-refractivity contribution is -0.147. The van der Waals surface area contributed by atoms with E-state index in [-0.39, 0.29) is 28.0 Å². The van der Waals surface area contributed by atoms with Gasteiger partial charge in [-0.25, -0.2) is 13.2 Å². The zero-order valence-corrected chi connectivity index (χ0v) is 17.0. The highest BCUT2D eigenvalue weighted by Crippen LogP contribution is 2.60. The van der Waals surface area contributed by atoms with Crippen LogP contribution < -0.4 is 0 Å². The maximum absolute atomic E-state index is 14.5. The Morgan fingerprint density at radius 3 is 2.19 bits per heavy atom. The molecule has 2 rings (SSSR count). The molecule has 1 saturated carbocycles. The van der Waals surface area contributed by atoms with E-state index in [4.69, 9.17) is 32.7 Å². The third kappa shape index (κ3) is 4.28. The Balaban J connectivity index is 2.24. The molecule has 2 atom stereocenters. The van der Waals surface area contributed by atoms with Crippen LogP contribution in [0.4, 0.5) is 13.2 Å². The molecule has 0 saturated heterocycles. The molecule has 1 aromatic carbocycles. The first-order chi connectivity index (χ1) is 12.6. The first-order valence-electron chi connectivity index (χ1n) is 8.43. The lowest BCUT2D eigenvalue weighted by Crippen LogP contribution is -2.15. The number of halogens is 5. The molecule has 0 amide bonds. The van der Waals surface area contributed by atoms with Crippen LogP contribution in [0.1, 0.15) is 37.5 Å². The van der Waals surface area contributed by atoms with Gasteiger partial charge in [-0.1, -0.05) is 44.0 Å². The van der Waals surface area contributed by atoms with Crippen molar-refractivity contribution in [1.29, 1.82) is 0 Å². The first kappa shape index (κ1) is 22.1. The minimum absolute atomic E-state index is 0.0379. The summed E-state index contributed by atoms with van der Waals surface area (Å²) in [5, 5.41) is 0. The summed E-state index contributed by atoms with van der Waals surface area (Å²) in [6.07, 6.45) is 1.65. The predicted octanol–water partition coefficient (Wildman–Crippen LogP) is 5.45. The lowest BCUT2D eigenvalue weighted by atomic mass is 10.00. The molecular formula is C19H21Cl2F3O3. The minimum Gasteiger partial charge on any atom is -0.460 e. The fourth-order valence-electron chi connectivity index (χ4n) is 3.41. The number of ether oxygens (including phenoxy) is 2. The molecule has 1 aliphatic carbocycles. The van der Waals surface area contributed by atoms with Gasteiger partial charge in [-0.15, -0.1) is 0 Å². The van der Waals surface area contributed by atoms with Crippen LogP contribution in [-0.2, 0) is 33.9 Å². The Labute approximate surface area is 166 Å². The highest BCUT2D eigenvalue weighted by atomic mass is 35.5. The van der Waals surface area contributed by atoms with E-state index >= 15 is 0 Å². The standard InChI is InChI=1S/C19H21Cl2F3O3/c1-5-9-10(16(23)17(24)11(7-26-4)15(9)22)8-27-18(25)14-12(6-13(20)21)19(14,2)3/h6,12,14H,5,7-8H2,1-4H3/t12-,14+/m0/s1. The molecule has 0 bridgehead atoms. The first-order valence-corrected chi connectivity index (χ1v) is 9.18. The quantitative estimate of drug-likeness (QED) is 0.431. The molecule has 0 unspecified atom stereocenters. The normalized spacial score (nSPS) is 20.3. The van der Waals surface area contributed by atoms with Gasteiger partial charge in [0.1, 0.15) is 16.9 Å². The van der Waals surface area contributed by atoms with E-state index in [1.165, 1.54) is 7.11 Å². The highest BCUT2D eigenvalue weighted by Gasteiger charge is 2.61. The Bertz CT molecular complexity index is 774. The molecule has 1 aromatic rings. The number of benzene rings is 1. The van der Waals surface area contributed by atoms with E-state index in [1.54, 1.807) is 13.0 Å².